The number of nitrogens with zero attached hydrogens (tertiary/aromatic N) is 3. The minimum absolute atomic E-state index is 0.000884. The molecule has 0 bridgehead atoms. The van der Waals surface area contributed by atoms with Gasteiger partial charge >= 0.3 is 0 Å². The largest absolute Gasteiger partial charge is 0.493 e. The molecule has 12 heteroatoms. The Morgan fingerprint density at radius 3 is 2.68 bits per heavy atom. The molecule has 0 radical (unpaired) electrons. The van der Waals surface area contributed by atoms with Crippen LogP contribution in [0.5, 0.6) is 17.2 Å². The summed E-state index contributed by atoms with van der Waals surface area (Å²) in [5.74, 6) is 1.13. The Morgan fingerprint density at radius 2 is 2.07 bits per heavy atom. The zero-order valence-electron chi connectivity index (χ0n) is 14.8. The quantitative estimate of drug-likeness (QED) is 0.538. The van der Waals surface area contributed by atoms with Gasteiger partial charge in [0.2, 0.25) is 0 Å². The monoisotopic (exact) mass is 443 g/mol. The Labute approximate surface area is 173 Å². The zero-order valence-corrected chi connectivity index (χ0v) is 17.1. The molecule has 3 aromatic rings. The van der Waals surface area contributed by atoms with Crippen LogP contribution in [-0.2, 0) is 0 Å². The number of aromatic nitrogens is 4. The third-order valence-electron chi connectivity index (χ3n) is 4.31. The highest BCUT2D eigenvalue weighted by molar-refractivity contribution is 7.21. The van der Waals surface area contributed by atoms with Crippen molar-refractivity contribution < 1.29 is 19.0 Å². The van der Waals surface area contributed by atoms with E-state index in [0.717, 1.165) is 10.1 Å². The number of carbonyl (C=O) groups is 1. The maximum absolute atomic E-state index is 12.8. The number of hydrogen-bond acceptors (Lipinski definition) is 8. The number of halogens is 2. The second-order valence-corrected chi connectivity index (χ2v) is 8.72. The number of H-pyrrole nitrogens is 1. The summed E-state index contributed by atoms with van der Waals surface area (Å²) in [7, 11) is 3.09. The molecule has 1 aliphatic rings. The molecule has 1 aromatic carbocycles. The van der Waals surface area contributed by atoms with E-state index in [1.165, 1.54) is 11.3 Å². The average Bonchev–Trinajstić information content (AvgIpc) is 3.05. The highest BCUT2D eigenvalue weighted by atomic mass is 35.5. The molecule has 4 rings (SSSR count). The number of fused-ring (bicyclic) bond motifs is 1. The van der Waals surface area contributed by atoms with Crippen LogP contribution in [0.2, 0.25) is 0 Å². The van der Waals surface area contributed by atoms with Gasteiger partial charge in [-0.15, -0.1) is 39.6 Å². The lowest BCUT2D eigenvalue weighted by Gasteiger charge is -2.10. The first-order valence-corrected chi connectivity index (χ1v) is 9.74. The summed E-state index contributed by atoms with van der Waals surface area (Å²) in [5, 5.41) is 16.5. The van der Waals surface area contributed by atoms with E-state index in [1.54, 1.807) is 26.4 Å². The standard InChI is InChI=1S/C16H15Cl2N5O4S/c1-25-9-3-8-11(4-10(9)26-2)28-13(14(24)19-15-20-22-23-21-15)12(8)27-6-7-5-16(7,17)18/h3-4,7H,5-6H2,1-2H3,(H2,19,20,21,22,23,24). The van der Waals surface area contributed by atoms with Crippen LogP contribution < -0.4 is 19.5 Å². The maximum Gasteiger partial charge on any atom is 0.272 e. The molecule has 1 amide bonds. The molecule has 1 atom stereocenters. The van der Waals surface area contributed by atoms with Crippen molar-refractivity contribution in [1.29, 1.82) is 0 Å². The van der Waals surface area contributed by atoms with E-state index in [2.05, 4.69) is 25.9 Å². The fourth-order valence-corrected chi connectivity index (χ4v) is 4.25. The summed E-state index contributed by atoms with van der Waals surface area (Å²) in [5.41, 5.74) is 0. The number of carbonyl (C=O) groups excluding carboxylic acids is 1. The molecular weight excluding hydrogens is 429 g/mol. The molecule has 0 aliphatic heterocycles. The number of aromatic amines is 1. The van der Waals surface area contributed by atoms with Crippen LogP contribution in [0.15, 0.2) is 12.1 Å². The van der Waals surface area contributed by atoms with Gasteiger partial charge in [0.05, 0.1) is 20.8 Å². The second kappa shape index (κ2) is 7.26. The number of alkyl halides is 2. The lowest BCUT2D eigenvalue weighted by molar-refractivity contribution is 0.102. The van der Waals surface area contributed by atoms with Gasteiger partial charge in [-0.2, -0.15) is 5.21 Å². The highest BCUT2D eigenvalue weighted by Gasteiger charge is 2.52. The van der Waals surface area contributed by atoms with Crippen molar-refractivity contribution in [1.82, 2.24) is 20.6 Å². The summed E-state index contributed by atoms with van der Waals surface area (Å²) < 4.78 is 16.7. The molecule has 2 N–H and O–H groups in total. The zero-order chi connectivity index (χ0) is 19.9. The van der Waals surface area contributed by atoms with E-state index in [4.69, 9.17) is 37.4 Å². The molecule has 1 aliphatic carbocycles. The van der Waals surface area contributed by atoms with E-state index >= 15 is 0 Å². The van der Waals surface area contributed by atoms with E-state index in [1.807, 2.05) is 0 Å². The minimum atomic E-state index is -0.778. The average molecular weight is 444 g/mol. The molecule has 2 aromatic heterocycles. The topological polar surface area (TPSA) is 111 Å². The number of hydrogen-bond donors (Lipinski definition) is 2. The number of benzene rings is 1. The first kappa shape index (κ1) is 19.0. The SMILES string of the molecule is COc1cc2sc(C(=O)Nc3nn[nH]n3)c(OCC3CC3(Cl)Cl)c2cc1OC. The molecule has 2 heterocycles. The molecule has 148 valence electrons. The number of methoxy groups -OCH3 is 2. The number of anilines is 1. The number of nitrogens with one attached hydrogen (secondary N) is 2. The van der Waals surface area contributed by atoms with Gasteiger partial charge in [-0.25, -0.2) is 0 Å². The Hall–Kier alpha value is -2.30. The Kier molecular flexibility index (Phi) is 4.94. The van der Waals surface area contributed by atoms with Crippen molar-refractivity contribution in [3.8, 4) is 17.2 Å². The normalized spacial score (nSPS) is 17.4. The molecule has 28 heavy (non-hydrogen) atoms. The predicted molar refractivity (Wildman–Crippen MR) is 105 cm³/mol. The first-order valence-electron chi connectivity index (χ1n) is 8.17. The van der Waals surface area contributed by atoms with Crippen LogP contribution >= 0.6 is 34.5 Å². The summed E-state index contributed by atoms with van der Waals surface area (Å²) in [6.45, 7) is 0.287. The highest BCUT2D eigenvalue weighted by Crippen LogP contribution is 2.53. The minimum Gasteiger partial charge on any atom is -0.493 e. The molecule has 1 saturated carbocycles. The molecule has 1 fully saturated rings. The van der Waals surface area contributed by atoms with Crippen molar-refractivity contribution in [2.45, 2.75) is 10.8 Å². The second-order valence-electron chi connectivity index (χ2n) is 6.13. The van der Waals surface area contributed by atoms with Crippen LogP contribution in [0.1, 0.15) is 16.1 Å². The van der Waals surface area contributed by atoms with Crippen molar-refractivity contribution in [3.05, 3.63) is 17.0 Å². The maximum atomic E-state index is 12.8. The van der Waals surface area contributed by atoms with Crippen molar-refractivity contribution in [2.75, 3.05) is 26.1 Å². The van der Waals surface area contributed by atoms with Crippen LogP contribution in [0.25, 0.3) is 10.1 Å². The van der Waals surface area contributed by atoms with Crippen molar-refractivity contribution in [3.63, 3.8) is 0 Å². The fraction of sp³-hybridized carbons (Fsp3) is 0.375. The van der Waals surface area contributed by atoms with Crippen LogP contribution in [0.4, 0.5) is 5.95 Å². The number of rotatable bonds is 7. The Balaban J connectivity index is 1.72. The third-order valence-corrected chi connectivity index (χ3v) is 6.37. The van der Waals surface area contributed by atoms with Crippen molar-refractivity contribution >= 4 is 56.5 Å². The van der Waals surface area contributed by atoms with E-state index in [-0.39, 0.29) is 18.5 Å². The Morgan fingerprint density at radius 1 is 1.36 bits per heavy atom. The number of thiophene rings is 1. The third kappa shape index (κ3) is 3.54. The van der Waals surface area contributed by atoms with E-state index < -0.39 is 10.2 Å². The van der Waals surface area contributed by atoms with Crippen LogP contribution in [0, 0.1) is 5.92 Å². The van der Waals surface area contributed by atoms with Gasteiger partial charge in [-0.3, -0.25) is 10.1 Å². The fourth-order valence-electron chi connectivity index (χ4n) is 2.70. The molecule has 9 nitrogen and oxygen atoms in total. The van der Waals surface area contributed by atoms with Gasteiger partial charge in [-0.05, 0) is 17.7 Å². The summed E-state index contributed by atoms with van der Waals surface area (Å²) in [4.78, 5) is 13.1. The number of ether oxygens (including phenoxy) is 3. The van der Waals surface area contributed by atoms with E-state index in [0.29, 0.717) is 28.5 Å². The molecule has 1 unspecified atom stereocenters. The van der Waals surface area contributed by atoms with Crippen LogP contribution in [0.3, 0.4) is 0 Å². The molecule has 0 spiro atoms. The van der Waals surface area contributed by atoms with Crippen molar-refractivity contribution in [2.24, 2.45) is 5.92 Å². The predicted octanol–water partition coefficient (Wildman–Crippen LogP) is 3.26. The van der Waals surface area contributed by atoms with Gasteiger partial charge in [-0.1, -0.05) is 5.10 Å². The lowest BCUT2D eigenvalue weighted by atomic mass is 10.2. The van der Waals surface area contributed by atoms with Gasteiger partial charge < -0.3 is 14.2 Å². The summed E-state index contributed by atoms with van der Waals surface area (Å²) in [6.07, 6.45) is 0.639. The number of tetrazole rings is 1. The molecular formula is C16H15Cl2N5O4S. The first-order chi connectivity index (χ1) is 13.4. The van der Waals surface area contributed by atoms with Crippen LogP contribution in [-0.4, -0.2) is 51.7 Å². The van der Waals surface area contributed by atoms with Gasteiger partial charge in [0.25, 0.3) is 11.9 Å². The lowest BCUT2D eigenvalue weighted by Crippen LogP contribution is -2.14. The Bertz CT molecular complexity index is 1020. The molecule has 0 saturated heterocycles. The van der Waals surface area contributed by atoms with Gasteiger partial charge in [0.15, 0.2) is 17.2 Å². The van der Waals surface area contributed by atoms with E-state index in [9.17, 15) is 4.79 Å². The number of amides is 1. The van der Waals surface area contributed by atoms with Gasteiger partial charge in [0.1, 0.15) is 9.21 Å². The summed E-state index contributed by atoms with van der Waals surface area (Å²) in [6, 6.07) is 3.56. The van der Waals surface area contributed by atoms with Gasteiger partial charge in [0, 0.05) is 22.1 Å². The smallest absolute Gasteiger partial charge is 0.272 e. The summed E-state index contributed by atoms with van der Waals surface area (Å²) >= 11 is 13.4.